The molecule has 0 aliphatic rings. The number of nitrogens with zero attached hydrogens (tertiary/aromatic N) is 3. The predicted molar refractivity (Wildman–Crippen MR) is 90.3 cm³/mol. The molecule has 2 heterocycles. The van der Waals surface area contributed by atoms with Crippen molar-refractivity contribution in [3.63, 3.8) is 0 Å². The van der Waals surface area contributed by atoms with Crippen molar-refractivity contribution in [2.45, 2.75) is 0 Å². The van der Waals surface area contributed by atoms with E-state index in [9.17, 15) is 4.39 Å². The molecule has 0 N–H and O–H groups in total. The van der Waals surface area contributed by atoms with Crippen molar-refractivity contribution >= 4 is 32.2 Å². The maximum atomic E-state index is 13.5. The molecule has 3 nitrogen and oxygen atoms in total. The van der Waals surface area contributed by atoms with Gasteiger partial charge in [0.2, 0.25) is 0 Å². The number of benzene rings is 2. The van der Waals surface area contributed by atoms with Crippen LogP contribution in [0.5, 0.6) is 0 Å². The summed E-state index contributed by atoms with van der Waals surface area (Å²) in [6.45, 7) is 0. The Morgan fingerprint density at radius 1 is 1.09 bits per heavy atom. The molecule has 0 unspecified atom stereocenters. The second kappa shape index (κ2) is 4.81. The number of hydrogen-bond donors (Lipinski definition) is 0. The van der Waals surface area contributed by atoms with Gasteiger partial charge in [-0.1, -0.05) is 23.5 Å². The Kier molecular flexibility index (Phi) is 2.90. The van der Waals surface area contributed by atoms with E-state index in [0.717, 1.165) is 32.1 Å². The molecule has 4 aromatic rings. The SMILES string of the molecule is CN(C)c1ccc(-c2cn3c(n2)sc2ccc(F)cc23)cc1. The summed E-state index contributed by atoms with van der Waals surface area (Å²) in [7, 11) is 4.03. The van der Waals surface area contributed by atoms with Crippen molar-refractivity contribution in [1.82, 2.24) is 9.38 Å². The molecule has 2 aromatic carbocycles. The van der Waals surface area contributed by atoms with Crippen molar-refractivity contribution in [3.8, 4) is 11.3 Å². The van der Waals surface area contributed by atoms with Gasteiger partial charge in [-0.05, 0) is 30.3 Å². The first kappa shape index (κ1) is 13.3. The number of imidazole rings is 1. The fourth-order valence-corrected chi connectivity index (χ4v) is 3.53. The molecule has 2 aromatic heterocycles. The summed E-state index contributed by atoms with van der Waals surface area (Å²) in [5.41, 5.74) is 3.98. The number of anilines is 1. The standard InChI is InChI=1S/C17H14FN3S/c1-20(2)13-6-3-11(4-7-13)14-10-21-15-9-12(18)5-8-16(15)22-17(21)19-14/h3-10H,1-2H3. The molecule has 0 atom stereocenters. The Morgan fingerprint density at radius 3 is 2.59 bits per heavy atom. The van der Waals surface area contributed by atoms with Gasteiger partial charge in [-0.2, -0.15) is 0 Å². The molecule has 0 spiro atoms. The monoisotopic (exact) mass is 311 g/mol. The van der Waals surface area contributed by atoms with Gasteiger partial charge in [0, 0.05) is 31.5 Å². The molecule has 0 aliphatic heterocycles. The van der Waals surface area contributed by atoms with Crippen LogP contribution in [-0.4, -0.2) is 23.5 Å². The van der Waals surface area contributed by atoms with Crippen molar-refractivity contribution < 1.29 is 4.39 Å². The lowest BCUT2D eigenvalue weighted by molar-refractivity contribution is 0.629. The molecule has 4 rings (SSSR count). The van der Waals surface area contributed by atoms with E-state index in [2.05, 4.69) is 34.1 Å². The summed E-state index contributed by atoms with van der Waals surface area (Å²) in [5, 5.41) is 0. The molecular formula is C17H14FN3S. The third-order valence-electron chi connectivity index (χ3n) is 3.73. The molecule has 110 valence electrons. The summed E-state index contributed by atoms with van der Waals surface area (Å²) in [5.74, 6) is -0.224. The Bertz CT molecular complexity index is 967. The molecule has 0 bridgehead atoms. The highest BCUT2D eigenvalue weighted by Crippen LogP contribution is 2.30. The van der Waals surface area contributed by atoms with E-state index in [0.29, 0.717) is 0 Å². The van der Waals surface area contributed by atoms with Gasteiger partial charge in [-0.25, -0.2) is 9.37 Å². The number of fused-ring (bicyclic) bond motifs is 3. The van der Waals surface area contributed by atoms with Crippen molar-refractivity contribution in [1.29, 1.82) is 0 Å². The minimum Gasteiger partial charge on any atom is -0.378 e. The fraction of sp³-hybridized carbons (Fsp3) is 0.118. The lowest BCUT2D eigenvalue weighted by Crippen LogP contribution is -2.07. The first-order valence-corrected chi connectivity index (χ1v) is 7.78. The summed E-state index contributed by atoms with van der Waals surface area (Å²) in [6.07, 6.45) is 1.97. The van der Waals surface area contributed by atoms with Crippen molar-refractivity contribution in [2.24, 2.45) is 0 Å². The van der Waals surface area contributed by atoms with Crippen LogP contribution in [0.3, 0.4) is 0 Å². The summed E-state index contributed by atoms with van der Waals surface area (Å²) in [4.78, 5) is 7.61. The number of rotatable bonds is 2. The van der Waals surface area contributed by atoms with Crippen LogP contribution in [0, 0.1) is 5.82 Å². The maximum Gasteiger partial charge on any atom is 0.195 e. The Balaban J connectivity index is 1.83. The first-order chi connectivity index (χ1) is 10.6. The number of aromatic nitrogens is 2. The smallest absolute Gasteiger partial charge is 0.195 e. The van der Waals surface area contributed by atoms with Gasteiger partial charge in [0.15, 0.2) is 4.96 Å². The summed E-state index contributed by atoms with van der Waals surface area (Å²) in [6, 6.07) is 13.1. The average Bonchev–Trinajstić information content (AvgIpc) is 3.05. The third kappa shape index (κ3) is 2.05. The molecule has 5 heteroatoms. The van der Waals surface area contributed by atoms with E-state index in [1.807, 2.05) is 24.7 Å². The molecule has 22 heavy (non-hydrogen) atoms. The largest absolute Gasteiger partial charge is 0.378 e. The van der Waals surface area contributed by atoms with E-state index >= 15 is 0 Å². The van der Waals surface area contributed by atoms with Gasteiger partial charge in [-0.3, -0.25) is 4.40 Å². The van der Waals surface area contributed by atoms with Crippen molar-refractivity contribution in [3.05, 3.63) is 54.5 Å². The maximum absolute atomic E-state index is 13.5. The zero-order valence-electron chi connectivity index (χ0n) is 12.2. The molecule has 0 radical (unpaired) electrons. The fourth-order valence-electron chi connectivity index (χ4n) is 2.54. The highest BCUT2D eigenvalue weighted by Gasteiger charge is 2.11. The minimum absolute atomic E-state index is 0.224. The predicted octanol–water partition coefficient (Wildman–Crippen LogP) is 4.42. The average molecular weight is 311 g/mol. The quantitative estimate of drug-likeness (QED) is 0.546. The lowest BCUT2D eigenvalue weighted by atomic mass is 10.1. The first-order valence-electron chi connectivity index (χ1n) is 6.97. The molecule has 0 amide bonds. The Labute approximate surface area is 131 Å². The Hall–Kier alpha value is -2.40. The molecule has 0 aliphatic carbocycles. The molecule has 0 fully saturated rings. The molecule has 0 saturated heterocycles. The number of thiazole rings is 1. The van der Waals surface area contributed by atoms with Crippen LogP contribution in [0.15, 0.2) is 48.7 Å². The lowest BCUT2D eigenvalue weighted by Gasteiger charge is -2.12. The number of hydrogen-bond acceptors (Lipinski definition) is 3. The minimum atomic E-state index is -0.224. The third-order valence-corrected chi connectivity index (χ3v) is 4.77. The van der Waals surface area contributed by atoms with Crippen LogP contribution in [0.1, 0.15) is 0 Å². The van der Waals surface area contributed by atoms with E-state index in [4.69, 9.17) is 0 Å². The second-order valence-electron chi connectivity index (χ2n) is 5.43. The van der Waals surface area contributed by atoms with Crippen LogP contribution < -0.4 is 4.90 Å². The van der Waals surface area contributed by atoms with Gasteiger partial charge in [0.1, 0.15) is 5.82 Å². The van der Waals surface area contributed by atoms with Crippen LogP contribution in [-0.2, 0) is 0 Å². The normalized spacial score (nSPS) is 11.4. The highest BCUT2D eigenvalue weighted by atomic mass is 32.1. The summed E-state index contributed by atoms with van der Waals surface area (Å²) >= 11 is 1.57. The van der Waals surface area contributed by atoms with Crippen molar-refractivity contribution in [2.75, 3.05) is 19.0 Å². The zero-order valence-corrected chi connectivity index (χ0v) is 13.1. The van der Waals surface area contributed by atoms with E-state index in [-0.39, 0.29) is 5.82 Å². The zero-order chi connectivity index (χ0) is 15.3. The Morgan fingerprint density at radius 2 is 1.86 bits per heavy atom. The van der Waals surface area contributed by atoms with E-state index in [1.54, 1.807) is 23.5 Å². The van der Waals surface area contributed by atoms with Crippen LogP contribution in [0.25, 0.3) is 26.4 Å². The van der Waals surface area contributed by atoms with E-state index in [1.165, 1.54) is 6.07 Å². The van der Waals surface area contributed by atoms with Gasteiger partial charge in [0.25, 0.3) is 0 Å². The highest BCUT2D eigenvalue weighted by molar-refractivity contribution is 7.23. The van der Waals surface area contributed by atoms with Gasteiger partial charge >= 0.3 is 0 Å². The van der Waals surface area contributed by atoms with Crippen LogP contribution in [0.4, 0.5) is 10.1 Å². The molecular weight excluding hydrogens is 297 g/mol. The molecule has 0 saturated carbocycles. The van der Waals surface area contributed by atoms with Crippen LogP contribution in [0.2, 0.25) is 0 Å². The van der Waals surface area contributed by atoms with Gasteiger partial charge in [0.05, 0.1) is 15.9 Å². The second-order valence-corrected chi connectivity index (χ2v) is 6.44. The summed E-state index contributed by atoms with van der Waals surface area (Å²) < 4.78 is 16.5. The number of halogens is 1. The van der Waals surface area contributed by atoms with E-state index < -0.39 is 0 Å². The van der Waals surface area contributed by atoms with Crippen LogP contribution >= 0.6 is 11.3 Å². The topological polar surface area (TPSA) is 20.5 Å². The van der Waals surface area contributed by atoms with Gasteiger partial charge in [-0.15, -0.1) is 0 Å². The van der Waals surface area contributed by atoms with Gasteiger partial charge < -0.3 is 4.90 Å².